The first kappa shape index (κ1) is 16.1. The van der Waals surface area contributed by atoms with Gasteiger partial charge in [0, 0.05) is 18.0 Å². The number of oxime groups is 1. The summed E-state index contributed by atoms with van der Waals surface area (Å²) < 4.78 is 10.5. The summed E-state index contributed by atoms with van der Waals surface area (Å²) in [6.07, 6.45) is 0.747. The molecule has 22 heavy (non-hydrogen) atoms. The van der Waals surface area contributed by atoms with Gasteiger partial charge in [-0.15, -0.1) is 0 Å². The Labute approximate surface area is 130 Å². The molecule has 2 rings (SSSR count). The standard InChI is InChI=1S/C16H22N2O4/c1-5-10(2)17-16(19)15-9-12(18-22-15)11-6-7-13(20-3)14(8-11)21-4/h6-8,10,15H,5,9H2,1-4H3,(H,17,19)/t10-,15+/m1/s1. The monoisotopic (exact) mass is 306 g/mol. The van der Waals surface area contributed by atoms with Gasteiger partial charge in [-0.1, -0.05) is 12.1 Å². The summed E-state index contributed by atoms with van der Waals surface area (Å²) in [6.45, 7) is 3.98. The third-order valence-electron chi connectivity index (χ3n) is 3.68. The van der Waals surface area contributed by atoms with Crippen molar-refractivity contribution in [2.75, 3.05) is 14.2 Å². The molecule has 1 aromatic rings. The van der Waals surface area contributed by atoms with Crippen molar-refractivity contribution in [2.24, 2.45) is 5.16 Å². The van der Waals surface area contributed by atoms with Crippen molar-refractivity contribution < 1.29 is 19.1 Å². The summed E-state index contributed by atoms with van der Waals surface area (Å²) in [5, 5.41) is 6.93. The number of amides is 1. The van der Waals surface area contributed by atoms with Crippen molar-refractivity contribution in [2.45, 2.75) is 38.8 Å². The Morgan fingerprint density at radius 1 is 1.41 bits per heavy atom. The number of methoxy groups -OCH3 is 2. The fraction of sp³-hybridized carbons (Fsp3) is 0.500. The van der Waals surface area contributed by atoms with E-state index >= 15 is 0 Å². The average Bonchev–Trinajstić information content (AvgIpc) is 3.04. The van der Waals surface area contributed by atoms with Gasteiger partial charge in [0.25, 0.3) is 5.91 Å². The maximum atomic E-state index is 12.1. The zero-order chi connectivity index (χ0) is 16.1. The summed E-state index contributed by atoms with van der Waals surface area (Å²) in [4.78, 5) is 17.3. The predicted molar refractivity (Wildman–Crippen MR) is 83.5 cm³/mol. The molecule has 0 spiro atoms. The lowest BCUT2D eigenvalue weighted by atomic mass is 10.0. The van der Waals surface area contributed by atoms with Crippen LogP contribution >= 0.6 is 0 Å². The fourth-order valence-electron chi connectivity index (χ4n) is 2.14. The number of hydrogen-bond donors (Lipinski definition) is 1. The van der Waals surface area contributed by atoms with Crippen LogP contribution in [0.5, 0.6) is 11.5 Å². The van der Waals surface area contributed by atoms with Gasteiger partial charge in [0.1, 0.15) is 0 Å². The number of hydrogen-bond acceptors (Lipinski definition) is 5. The van der Waals surface area contributed by atoms with Gasteiger partial charge < -0.3 is 19.6 Å². The van der Waals surface area contributed by atoms with E-state index in [9.17, 15) is 4.79 Å². The van der Waals surface area contributed by atoms with Gasteiger partial charge in [-0.25, -0.2) is 0 Å². The van der Waals surface area contributed by atoms with E-state index in [0.29, 0.717) is 17.9 Å². The summed E-state index contributed by atoms with van der Waals surface area (Å²) in [5.74, 6) is 1.14. The highest BCUT2D eigenvalue weighted by molar-refractivity contribution is 6.04. The van der Waals surface area contributed by atoms with Gasteiger partial charge in [-0.3, -0.25) is 4.79 Å². The molecule has 6 heteroatoms. The molecule has 0 bridgehead atoms. The van der Waals surface area contributed by atoms with Crippen LogP contribution in [-0.2, 0) is 9.63 Å². The second-order valence-corrected chi connectivity index (χ2v) is 5.22. The second-order valence-electron chi connectivity index (χ2n) is 5.22. The van der Waals surface area contributed by atoms with Crippen LogP contribution in [0.25, 0.3) is 0 Å². The van der Waals surface area contributed by atoms with E-state index in [0.717, 1.165) is 17.7 Å². The van der Waals surface area contributed by atoms with Crippen molar-refractivity contribution >= 4 is 11.6 Å². The SMILES string of the molecule is CC[C@@H](C)NC(=O)[C@@H]1CC(c2ccc(OC)c(OC)c2)=NO1. The smallest absolute Gasteiger partial charge is 0.264 e. The van der Waals surface area contributed by atoms with Crippen LogP contribution < -0.4 is 14.8 Å². The highest BCUT2D eigenvalue weighted by Crippen LogP contribution is 2.29. The number of carbonyl (C=O) groups excluding carboxylic acids is 1. The number of nitrogens with one attached hydrogen (secondary N) is 1. The van der Waals surface area contributed by atoms with Gasteiger partial charge >= 0.3 is 0 Å². The topological polar surface area (TPSA) is 69.2 Å². The van der Waals surface area contributed by atoms with Crippen LogP contribution in [0.1, 0.15) is 32.3 Å². The van der Waals surface area contributed by atoms with Crippen LogP contribution in [0.2, 0.25) is 0 Å². The number of nitrogens with zero attached hydrogens (tertiary/aromatic N) is 1. The summed E-state index contributed by atoms with van der Waals surface area (Å²) in [5.41, 5.74) is 1.58. The molecule has 0 aromatic heterocycles. The van der Waals surface area contributed by atoms with Gasteiger partial charge in [-0.2, -0.15) is 0 Å². The molecule has 0 unspecified atom stereocenters. The van der Waals surface area contributed by atoms with E-state index in [2.05, 4.69) is 10.5 Å². The van der Waals surface area contributed by atoms with Crippen molar-refractivity contribution in [3.05, 3.63) is 23.8 Å². The quantitative estimate of drug-likeness (QED) is 0.874. The third kappa shape index (κ3) is 3.50. The van der Waals surface area contributed by atoms with Gasteiger partial charge in [0.2, 0.25) is 6.10 Å². The van der Waals surface area contributed by atoms with Crippen LogP contribution in [0.15, 0.2) is 23.4 Å². The molecular weight excluding hydrogens is 284 g/mol. The highest BCUT2D eigenvalue weighted by Gasteiger charge is 2.29. The second kappa shape index (κ2) is 7.15. The van der Waals surface area contributed by atoms with Crippen molar-refractivity contribution in [1.82, 2.24) is 5.32 Å². The first-order valence-corrected chi connectivity index (χ1v) is 7.34. The zero-order valence-corrected chi connectivity index (χ0v) is 13.4. The van der Waals surface area contributed by atoms with E-state index in [4.69, 9.17) is 14.3 Å². The fourth-order valence-corrected chi connectivity index (χ4v) is 2.14. The minimum Gasteiger partial charge on any atom is -0.493 e. The van der Waals surface area contributed by atoms with Gasteiger partial charge in [0.15, 0.2) is 11.5 Å². The molecule has 0 radical (unpaired) electrons. The lowest BCUT2D eigenvalue weighted by Crippen LogP contribution is -2.39. The molecule has 1 aromatic carbocycles. The molecule has 0 aliphatic carbocycles. The minimum atomic E-state index is -0.572. The molecule has 1 aliphatic heterocycles. The van der Waals surface area contributed by atoms with Crippen molar-refractivity contribution in [3.63, 3.8) is 0 Å². The molecule has 120 valence electrons. The summed E-state index contributed by atoms with van der Waals surface area (Å²) >= 11 is 0. The maximum absolute atomic E-state index is 12.1. The Morgan fingerprint density at radius 2 is 2.14 bits per heavy atom. The highest BCUT2D eigenvalue weighted by atomic mass is 16.6. The van der Waals surface area contributed by atoms with E-state index in [-0.39, 0.29) is 11.9 Å². The lowest BCUT2D eigenvalue weighted by molar-refractivity contribution is -0.131. The maximum Gasteiger partial charge on any atom is 0.264 e. The Kier molecular flexibility index (Phi) is 5.25. The van der Waals surface area contributed by atoms with E-state index < -0.39 is 6.10 Å². The molecule has 1 aliphatic rings. The predicted octanol–water partition coefficient (Wildman–Crippen LogP) is 2.11. The summed E-state index contributed by atoms with van der Waals surface area (Å²) in [6, 6.07) is 5.64. The number of rotatable bonds is 6. The van der Waals surface area contributed by atoms with Crippen molar-refractivity contribution in [3.8, 4) is 11.5 Å². The van der Waals surface area contributed by atoms with Crippen LogP contribution in [0, 0.1) is 0 Å². The Hall–Kier alpha value is -2.24. The zero-order valence-electron chi connectivity index (χ0n) is 13.4. The number of carbonyl (C=O) groups is 1. The Morgan fingerprint density at radius 3 is 2.77 bits per heavy atom. The number of benzene rings is 1. The molecule has 6 nitrogen and oxygen atoms in total. The molecule has 1 heterocycles. The van der Waals surface area contributed by atoms with E-state index in [1.807, 2.05) is 32.0 Å². The van der Waals surface area contributed by atoms with Crippen LogP contribution in [-0.4, -0.2) is 38.0 Å². The molecule has 1 amide bonds. The Balaban J connectivity index is 2.05. The number of ether oxygens (including phenoxy) is 2. The van der Waals surface area contributed by atoms with Crippen LogP contribution in [0.3, 0.4) is 0 Å². The Bertz CT molecular complexity index is 571. The third-order valence-corrected chi connectivity index (χ3v) is 3.68. The molecular formula is C16H22N2O4. The normalized spacial score (nSPS) is 18.2. The lowest BCUT2D eigenvalue weighted by Gasteiger charge is -2.14. The molecule has 0 saturated heterocycles. The molecule has 0 saturated carbocycles. The largest absolute Gasteiger partial charge is 0.493 e. The first-order chi connectivity index (χ1) is 10.6. The van der Waals surface area contributed by atoms with Crippen LogP contribution in [0.4, 0.5) is 0 Å². The van der Waals surface area contributed by atoms with Crippen molar-refractivity contribution in [1.29, 1.82) is 0 Å². The minimum absolute atomic E-state index is 0.126. The average molecular weight is 306 g/mol. The molecule has 1 N–H and O–H groups in total. The first-order valence-electron chi connectivity index (χ1n) is 7.34. The molecule has 0 fully saturated rings. The van der Waals surface area contributed by atoms with E-state index in [1.165, 1.54) is 0 Å². The van der Waals surface area contributed by atoms with E-state index in [1.54, 1.807) is 14.2 Å². The molecule has 2 atom stereocenters. The van der Waals surface area contributed by atoms with Gasteiger partial charge in [-0.05, 0) is 31.5 Å². The van der Waals surface area contributed by atoms with Gasteiger partial charge in [0.05, 0.1) is 19.9 Å². The summed E-state index contributed by atoms with van der Waals surface area (Å²) in [7, 11) is 3.17.